The SMILES string of the molecule is CC(CNS(=O)(=O)c1cccc(CO)c1)c1ccccc1. The number of benzene rings is 2. The molecule has 0 fully saturated rings. The van der Waals surface area contributed by atoms with Gasteiger partial charge in [0.05, 0.1) is 11.5 Å². The second kappa shape index (κ2) is 6.85. The first-order valence-corrected chi connectivity index (χ1v) is 8.25. The van der Waals surface area contributed by atoms with Crippen LogP contribution in [0.4, 0.5) is 0 Å². The van der Waals surface area contributed by atoms with E-state index in [2.05, 4.69) is 4.72 Å². The third-order valence-corrected chi connectivity index (χ3v) is 4.76. The molecule has 1 atom stereocenters. The largest absolute Gasteiger partial charge is 0.392 e. The van der Waals surface area contributed by atoms with Crippen LogP contribution in [0.15, 0.2) is 59.5 Å². The maximum atomic E-state index is 12.2. The number of hydrogen-bond donors (Lipinski definition) is 2. The number of aliphatic hydroxyl groups excluding tert-OH is 1. The van der Waals surface area contributed by atoms with Crippen molar-refractivity contribution in [2.75, 3.05) is 6.54 Å². The van der Waals surface area contributed by atoms with E-state index in [-0.39, 0.29) is 17.4 Å². The van der Waals surface area contributed by atoms with E-state index in [1.54, 1.807) is 12.1 Å². The highest BCUT2D eigenvalue weighted by atomic mass is 32.2. The second-order valence-electron chi connectivity index (χ2n) is 4.97. The predicted octanol–water partition coefficient (Wildman–Crippen LogP) is 2.26. The third-order valence-electron chi connectivity index (χ3n) is 3.34. The van der Waals surface area contributed by atoms with Crippen molar-refractivity contribution >= 4 is 10.0 Å². The number of rotatable bonds is 6. The summed E-state index contributed by atoms with van der Waals surface area (Å²) in [6.07, 6.45) is 0. The average Bonchev–Trinajstić information content (AvgIpc) is 2.53. The first kappa shape index (κ1) is 15.7. The predicted molar refractivity (Wildman–Crippen MR) is 82.4 cm³/mol. The van der Waals surface area contributed by atoms with E-state index in [9.17, 15) is 8.42 Å². The van der Waals surface area contributed by atoms with Gasteiger partial charge in [0, 0.05) is 6.54 Å². The zero-order chi connectivity index (χ0) is 15.3. The van der Waals surface area contributed by atoms with Crippen LogP contribution < -0.4 is 4.72 Å². The lowest BCUT2D eigenvalue weighted by Gasteiger charge is -2.13. The Bertz CT molecular complexity index is 684. The van der Waals surface area contributed by atoms with Gasteiger partial charge in [-0.15, -0.1) is 0 Å². The molecule has 2 aromatic carbocycles. The van der Waals surface area contributed by atoms with Crippen molar-refractivity contribution in [2.45, 2.75) is 24.3 Å². The van der Waals surface area contributed by atoms with E-state index in [1.807, 2.05) is 37.3 Å². The van der Waals surface area contributed by atoms with Gasteiger partial charge in [0.1, 0.15) is 0 Å². The Kier molecular flexibility index (Phi) is 5.12. The highest BCUT2D eigenvalue weighted by molar-refractivity contribution is 7.89. The molecule has 112 valence electrons. The van der Waals surface area contributed by atoms with Crippen molar-refractivity contribution in [1.82, 2.24) is 4.72 Å². The fraction of sp³-hybridized carbons (Fsp3) is 0.250. The second-order valence-corrected chi connectivity index (χ2v) is 6.74. The van der Waals surface area contributed by atoms with Gasteiger partial charge >= 0.3 is 0 Å². The van der Waals surface area contributed by atoms with E-state index in [0.29, 0.717) is 12.1 Å². The molecule has 0 radical (unpaired) electrons. The van der Waals surface area contributed by atoms with Crippen LogP contribution in [-0.2, 0) is 16.6 Å². The zero-order valence-electron chi connectivity index (χ0n) is 11.9. The molecule has 1 unspecified atom stereocenters. The van der Waals surface area contributed by atoms with Crippen LogP contribution in [0, 0.1) is 0 Å². The van der Waals surface area contributed by atoms with E-state index >= 15 is 0 Å². The number of hydrogen-bond acceptors (Lipinski definition) is 3. The van der Waals surface area contributed by atoms with E-state index in [0.717, 1.165) is 5.56 Å². The summed E-state index contributed by atoms with van der Waals surface area (Å²) in [6.45, 7) is 2.13. The summed E-state index contributed by atoms with van der Waals surface area (Å²) in [6, 6.07) is 16.1. The Morgan fingerprint density at radius 3 is 2.48 bits per heavy atom. The van der Waals surface area contributed by atoms with Crippen LogP contribution in [0.25, 0.3) is 0 Å². The van der Waals surface area contributed by atoms with Gasteiger partial charge < -0.3 is 5.11 Å². The molecule has 2 N–H and O–H groups in total. The summed E-state index contributed by atoms with van der Waals surface area (Å²) in [5.41, 5.74) is 1.67. The van der Waals surface area contributed by atoms with Gasteiger partial charge in [-0.1, -0.05) is 49.4 Å². The summed E-state index contributed by atoms with van der Waals surface area (Å²) in [5, 5.41) is 9.08. The molecule has 0 aliphatic carbocycles. The molecule has 0 aromatic heterocycles. The van der Waals surface area contributed by atoms with Crippen LogP contribution in [-0.4, -0.2) is 20.1 Å². The lowest BCUT2D eigenvalue weighted by molar-refractivity contribution is 0.281. The lowest BCUT2D eigenvalue weighted by atomic mass is 10.0. The molecule has 21 heavy (non-hydrogen) atoms. The molecule has 2 rings (SSSR count). The summed E-state index contributed by atoms with van der Waals surface area (Å²) in [7, 11) is -3.56. The Morgan fingerprint density at radius 2 is 1.81 bits per heavy atom. The molecular formula is C16H19NO3S. The maximum absolute atomic E-state index is 12.2. The molecule has 2 aromatic rings. The monoisotopic (exact) mass is 305 g/mol. The summed E-state index contributed by atoms with van der Waals surface area (Å²) in [4.78, 5) is 0.175. The quantitative estimate of drug-likeness (QED) is 0.860. The van der Waals surface area contributed by atoms with E-state index in [1.165, 1.54) is 12.1 Å². The fourth-order valence-corrected chi connectivity index (χ4v) is 3.23. The molecule has 4 nitrogen and oxygen atoms in total. The van der Waals surface area contributed by atoms with Crippen molar-refractivity contribution in [3.63, 3.8) is 0 Å². The minimum atomic E-state index is -3.56. The molecular weight excluding hydrogens is 286 g/mol. The number of sulfonamides is 1. The van der Waals surface area contributed by atoms with Crippen molar-refractivity contribution in [3.05, 3.63) is 65.7 Å². The number of aliphatic hydroxyl groups is 1. The molecule has 0 spiro atoms. The van der Waals surface area contributed by atoms with Gasteiger partial charge in [-0.2, -0.15) is 0 Å². The van der Waals surface area contributed by atoms with E-state index in [4.69, 9.17) is 5.11 Å². The lowest BCUT2D eigenvalue weighted by Crippen LogP contribution is -2.27. The van der Waals surface area contributed by atoms with Crippen molar-refractivity contribution in [2.24, 2.45) is 0 Å². The van der Waals surface area contributed by atoms with Crippen LogP contribution in [0.2, 0.25) is 0 Å². The van der Waals surface area contributed by atoms with Gasteiger partial charge in [-0.3, -0.25) is 0 Å². The first-order valence-electron chi connectivity index (χ1n) is 6.77. The van der Waals surface area contributed by atoms with E-state index < -0.39 is 10.0 Å². The zero-order valence-corrected chi connectivity index (χ0v) is 12.7. The van der Waals surface area contributed by atoms with Gasteiger partial charge in [0.25, 0.3) is 0 Å². The standard InChI is InChI=1S/C16H19NO3S/c1-13(15-7-3-2-4-8-15)11-17-21(19,20)16-9-5-6-14(10-16)12-18/h2-10,13,17-18H,11-12H2,1H3. The maximum Gasteiger partial charge on any atom is 0.240 e. The average molecular weight is 305 g/mol. The van der Waals surface area contributed by atoms with Crippen LogP contribution >= 0.6 is 0 Å². The third kappa shape index (κ3) is 4.14. The summed E-state index contributed by atoms with van der Waals surface area (Å²) < 4.78 is 27.1. The van der Waals surface area contributed by atoms with Gasteiger partial charge in [0.2, 0.25) is 10.0 Å². The Morgan fingerprint density at radius 1 is 1.10 bits per heavy atom. The topological polar surface area (TPSA) is 66.4 Å². The summed E-state index contributed by atoms with van der Waals surface area (Å²) >= 11 is 0. The Hall–Kier alpha value is -1.69. The molecule has 0 saturated carbocycles. The van der Waals surface area contributed by atoms with Crippen molar-refractivity contribution < 1.29 is 13.5 Å². The molecule has 0 aliphatic heterocycles. The molecule has 0 amide bonds. The van der Waals surface area contributed by atoms with Crippen LogP contribution in [0.5, 0.6) is 0 Å². The fourth-order valence-electron chi connectivity index (χ4n) is 2.03. The molecule has 0 aliphatic rings. The highest BCUT2D eigenvalue weighted by Crippen LogP contribution is 2.16. The van der Waals surface area contributed by atoms with Gasteiger partial charge in [-0.25, -0.2) is 13.1 Å². The first-order chi connectivity index (χ1) is 10.0. The van der Waals surface area contributed by atoms with Gasteiger partial charge in [0.15, 0.2) is 0 Å². The minimum absolute atomic E-state index is 0.0852. The van der Waals surface area contributed by atoms with Crippen LogP contribution in [0.1, 0.15) is 24.0 Å². The normalized spacial score (nSPS) is 13.0. The van der Waals surface area contributed by atoms with Crippen molar-refractivity contribution in [3.8, 4) is 0 Å². The smallest absolute Gasteiger partial charge is 0.240 e. The molecule has 0 heterocycles. The minimum Gasteiger partial charge on any atom is -0.392 e. The Labute approximate surface area is 125 Å². The molecule has 5 heteroatoms. The molecule has 0 saturated heterocycles. The van der Waals surface area contributed by atoms with Crippen LogP contribution in [0.3, 0.4) is 0 Å². The summed E-state index contributed by atoms with van der Waals surface area (Å²) in [5.74, 6) is 0.0852. The number of nitrogens with one attached hydrogen (secondary N) is 1. The molecule has 0 bridgehead atoms. The Balaban J connectivity index is 2.07. The van der Waals surface area contributed by atoms with Crippen molar-refractivity contribution in [1.29, 1.82) is 0 Å². The highest BCUT2D eigenvalue weighted by Gasteiger charge is 2.16. The van der Waals surface area contributed by atoms with Gasteiger partial charge in [-0.05, 0) is 29.2 Å².